The van der Waals surface area contributed by atoms with Gasteiger partial charge in [-0.15, -0.1) is 0 Å². The van der Waals surface area contributed by atoms with Crippen LogP contribution >= 0.6 is 0 Å². The number of benzene rings is 1. The first-order valence-electron chi connectivity index (χ1n) is 5.11. The van der Waals surface area contributed by atoms with Crippen LogP contribution in [0.15, 0.2) is 36.5 Å². The van der Waals surface area contributed by atoms with Gasteiger partial charge in [0, 0.05) is 11.9 Å². The molecule has 0 fully saturated rings. The Labute approximate surface area is 94.3 Å². The highest BCUT2D eigenvalue weighted by Gasteiger charge is 2.15. The van der Waals surface area contributed by atoms with Crippen LogP contribution < -0.4 is 5.46 Å². The molecule has 1 heterocycles. The van der Waals surface area contributed by atoms with Crippen molar-refractivity contribution in [2.75, 3.05) is 0 Å². The van der Waals surface area contributed by atoms with E-state index >= 15 is 0 Å². The number of rotatable bonds is 3. The molecular weight excluding hydrogens is 203 g/mol. The van der Waals surface area contributed by atoms with Crippen molar-refractivity contribution in [1.29, 1.82) is 0 Å². The Bertz CT molecular complexity index is 482. The molecule has 0 aliphatic carbocycles. The van der Waals surface area contributed by atoms with Crippen LogP contribution in [0.5, 0.6) is 0 Å². The smallest absolute Gasteiger partial charge is 0.423 e. The van der Waals surface area contributed by atoms with E-state index in [9.17, 15) is 10.0 Å². The van der Waals surface area contributed by atoms with E-state index in [1.54, 1.807) is 18.3 Å². The van der Waals surface area contributed by atoms with Gasteiger partial charge in [-0.3, -0.25) is 4.68 Å². The largest absolute Gasteiger partial charge is 0.488 e. The highest BCUT2D eigenvalue weighted by Crippen LogP contribution is 2.03. The van der Waals surface area contributed by atoms with Crippen molar-refractivity contribution in [3.05, 3.63) is 47.8 Å². The van der Waals surface area contributed by atoms with E-state index in [1.807, 2.05) is 29.8 Å². The van der Waals surface area contributed by atoms with Gasteiger partial charge in [0.25, 0.3) is 0 Å². The van der Waals surface area contributed by atoms with Gasteiger partial charge in [0.2, 0.25) is 0 Å². The molecule has 0 aliphatic rings. The van der Waals surface area contributed by atoms with Crippen LogP contribution in [0.3, 0.4) is 0 Å². The second-order valence-corrected chi connectivity index (χ2v) is 3.70. The Kier molecular flexibility index (Phi) is 3.08. The highest BCUT2D eigenvalue weighted by atomic mass is 16.4. The van der Waals surface area contributed by atoms with Crippen molar-refractivity contribution in [3.8, 4) is 0 Å². The summed E-state index contributed by atoms with van der Waals surface area (Å²) in [4.78, 5) is 0. The minimum absolute atomic E-state index is 0.525. The normalized spacial score (nSPS) is 10.4. The second-order valence-electron chi connectivity index (χ2n) is 3.70. The fraction of sp³-hybridized carbons (Fsp3) is 0.182. The average molecular weight is 216 g/mol. The molecule has 5 heteroatoms. The Morgan fingerprint density at radius 3 is 2.62 bits per heavy atom. The Morgan fingerprint density at radius 2 is 2.00 bits per heavy atom. The maximum Gasteiger partial charge on any atom is 0.488 e. The lowest BCUT2D eigenvalue weighted by atomic mass is 9.77. The predicted molar refractivity (Wildman–Crippen MR) is 62.3 cm³/mol. The molecule has 0 amide bonds. The van der Waals surface area contributed by atoms with Crippen molar-refractivity contribution in [2.45, 2.75) is 13.5 Å². The fourth-order valence-corrected chi connectivity index (χ4v) is 1.66. The molecule has 2 aromatic rings. The highest BCUT2D eigenvalue weighted by molar-refractivity contribution is 6.59. The maximum absolute atomic E-state index is 9.23. The molecule has 0 aliphatic heterocycles. The molecule has 82 valence electrons. The van der Waals surface area contributed by atoms with Crippen LogP contribution in [0.2, 0.25) is 0 Å². The number of aryl methyl sites for hydroxylation is 1. The quantitative estimate of drug-likeness (QED) is 0.705. The van der Waals surface area contributed by atoms with E-state index in [0.717, 1.165) is 11.3 Å². The number of aromatic nitrogens is 2. The van der Waals surface area contributed by atoms with E-state index in [1.165, 1.54) is 0 Å². The van der Waals surface area contributed by atoms with Crippen molar-refractivity contribution in [2.24, 2.45) is 0 Å². The summed E-state index contributed by atoms with van der Waals surface area (Å²) in [6.07, 6.45) is 1.73. The van der Waals surface area contributed by atoms with E-state index < -0.39 is 7.12 Å². The molecule has 4 nitrogen and oxygen atoms in total. The van der Waals surface area contributed by atoms with Gasteiger partial charge < -0.3 is 10.0 Å². The first kappa shape index (κ1) is 10.9. The molecule has 0 radical (unpaired) electrons. The summed E-state index contributed by atoms with van der Waals surface area (Å²) in [7, 11) is -1.44. The molecule has 0 atom stereocenters. The van der Waals surface area contributed by atoms with Crippen LogP contribution in [0.1, 0.15) is 11.3 Å². The van der Waals surface area contributed by atoms with Gasteiger partial charge in [0.1, 0.15) is 0 Å². The monoisotopic (exact) mass is 216 g/mol. The van der Waals surface area contributed by atoms with Gasteiger partial charge in [0.05, 0.1) is 6.54 Å². The zero-order chi connectivity index (χ0) is 11.5. The second kappa shape index (κ2) is 4.51. The van der Waals surface area contributed by atoms with Gasteiger partial charge in [0.15, 0.2) is 0 Å². The zero-order valence-corrected chi connectivity index (χ0v) is 9.04. The zero-order valence-electron chi connectivity index (χ0n) is 9.04. The summed E-state index contributed by atoms with van der Waals surface area (Å²) in [6, 6.07) is 9.15. The van der Waals surface area contributed by atoms with E-state index in [4.69, 9.17) is 0 Å². The first-order chi connectivity index (χ1) is 7.68. The molecule has 16 heavy (non-hydrogen) atoms. The van der Waals surface area contributed by atoms with Crippen LogP contribution in [0.25, 0.3) is 0 Å². The molecule has 1 aromatic heterocycles. The third kappa shape index (κ3) is 2.15. The molecule has 0 unspecified atom stereocenters. The summed E-state index contributed by atoms with van der Waals surface area (Å²) in [5, 5.41) is 22.6. The standard InChI is InChI=1S/C11H13BN2O2/c1-9-6-7-13-14(9)8-10-4-2-3-5-11(10)12(15)16/h2-7,15-16H,8H2,1H3. The number of nitrogens with zero attached hydrogens (tertiary/aromatic N) is 2. The number of hydrogen-bond acceptors (Lipinski definition) is 3. The summed E-state index contributed by atoms with van der Waals surface area (Å²) in [5.41, 5.74) is 2.43. The molecule has 2 rings (SSSR count). The SMILES string of the molecule is Cc1ccnn1Cc1ccccc1B(O)O. The van der Waals surface area contributed by atoms with E-state index in [-0.39, 0.29) is 0 Å². The third-order valence-electron chi connectivity index (χ3n) is 2.58. The minimum Gasteiger partial charge on any atom is -0.423 e. The summed E-state index contributed by atoms with van der Waals surface area (Å²) >= 11 is 0. The summed E-state index contributed by atoms with van der Waals surface area (Å²) < 4.78 is 1.82. The molecule has 2 N–H and O–H groups in total. The van der Waals surface area contributed by atoms with Crippen molar-refractivity contribution in [3.63, 3.8) is 0 Å². The van der Waals surface area contributed by atoms with Crippen LogP contribution in [0, 0.1) is 6.92 Å². The average Bonchev–Trinajstić information content (AvgIpc) is 2.65. The van der Waals surface area contributed by atoms with Gasteiger partial charge >= 0.3 is 7.12 Å². The molecule has 0 bridgehead atoms. The molecule has 0 saturated heterocycles. The fourth-order valence-electron chi connectivity index (χ4n) is 1.66. The molecule has 0 saturated carbocycles. The van der Waals surface area contributed by atoms with Gasteiger partial charge in [-0.25, -0.2) is 0 Å². The minimum atomic E-state index is -1.44. The number of hydrogen-bond donors (Lipinski definition) is 2. The van der Waals surface area contributed by atoms with Gasteiger partial charge in [-0.2, -0.15) is 5.10 Å². The lowest BCUT2D eigenvalue weighted by Crippen LogP contribution is -2.33. The van der Waals surface area contributed by atoms with Crippen LogP contribution in [-0.2, 0) is 6.54 Å². The summed E-state index contributed by atoms with van der Waals surface area (Å²) in [6.45, 7) is 2.51. The Balaban J connectivity index is 2.31. The lowest BCUT2D eigenvalue weighted by molar-refractivity contribution is 0.425. The van der Waals surface area contributed by atoms with Crippen molar-refractivity contribution < 1.29 is 10.0 Å². The molecular formula is C11H13BN2O2. The lowest BCUT2D eigenvalue weighted by Gasteiger charge is -2.09. The summed E-state index contributed by atoms with van der Waals surface area (Å²) in [5.74, 6) is 0. The van der Waals surface area contributed by atoms with Gasteiger partial charge in [-0.1, -0.05) is 24.3 Å². The topological polar surface area (TPSA) is 58.3 Å². The molecule has 0 spiro atoms. The Morgan fingerprint density at radius 1 is 1.25 bits per heavy atom. The predicted octanol–water partition coefficient (Wildman–Crippen LogP) is -0.0804. The van der Waals surface area contributed by atoms with E-state index in [0.29, 0.717) is 12.0 Å². The van der Waals surface area contributed by atoms with Crippen LogP contribution in [0.4, 0.5) is 0 Å². The van der Waals surface area contributed by atoms with E-state index in [2.05, 4.69) is 5.10 Å². The molecule has 1 aromatic carbocycles. The maximum atomic E-state index is 9.23. The Hall–Kier alpha value is -1.59. The van der Waals surface area contributed by atoms with Crippen LogP contribution in [-0.4, -0.2) is 26.9 Å². The van der Waals surface area contributed by atoms with Crippen molar-refractivity contribution >= 4 is 12.6 Å². The van der Waals surface area contributed by atoms with Gasteiger partial charge in [-0.05, 0) is 24.0 Å². The third-order valence-corrected chi connectivity index (χ3v) is 2.58. The first-order valence-corrected chi connectivity index (χ1v) is 5.11. The van der Waals surface area contributed by atoms with Crippen molar-refractivity contribution in [1.82, 2.24) is 9.78 Å².